The molecule has 2 N–H and O–H groups in total. The molecule has 0 radical (unpaired) electrons. The van der Waals surface area contributed by atoms with E-state index >= 15 is 0 Å². The summed E-state index contributed by atoms with van der Waals surface area (Å²) in [5, 5.41) is 0. The minimum absolute atomic E-state index is 0.0276. The Balaban J connectivity index is 2.10. The number of carbonyl (C=O) groups excluding carboxylic acids is 1. The molecule has 1 saturated carbocycles. The van der Waals surface area contributed by atoms with Crippen molar-refractivity contribution in [1.82, 2.24) is 9.55 Å². The van der Waals surface area contributed by atoms with Crippen molar-refractivity contribution in [2.45, 2.75) is 52.0 Å². The van der Waals surface area contributed by atoms with E-state index in [1.807, 2.05) is 17.7 Å². The molecule has 1 aromatic rings. The lowest BCUT2D eigenvalue weighted by Gasteiger charge is -2.35. The molecule has 0 bridgehead atoms. The van der Waals surface area contributed by atoms with Crippen LogP contribution in [-0.2, 0) is 6.54 Å². The second-order valence-corrected chi connectivity index (χ2v) is 5.40. The Morgan fingerprint density at radius 1 is 1.44 bits per heavy atom. The third-order valence-corrected chi connectivity index (χ3v) is 4.19. The Kier molecular flexibility index (Phi) is 4.17. The molecule has 18 heavy (non-hydrogen) atoms. The van der Waals surface area contributed by atoms with Crippen molar-refractivity contribution in [3.8, 4) is 0 Å². The van der Waals surface area contributed by atoms with Crippen LogP contribution in [0.25, 0.3) is 0 Å². The van der Waals surface area contributed by atoms with Gasteiger partial charge in [0.1, 0.15) is 0 Å². The SMILES string of the molecule is CCn1ccnc1C(=O)CC1(CN)CCCCC1. The number of nitrogens with two attached hydrogens (primary N) is 1. The smallest absolute Gasteiger partial charge is 0.198 e. The Labute approximate surface area is 109 Å². The van der Waals surface area contributed by atoms with Gasteiger partial charge in [-0.3, -0.25) is 4.79 Å². The van der Waals surface area contributed by atoms with E-state index in [0.717, 1.165) is 19.4 Å². The first-order chi connectivity index (χ1) is 8.71. The van der Waals surface area contributed by atoms with Crippen molar-refractivity contribution in [2.75, 3.05) is 6.54 Å². The highest BCUT2D eigenvalue weighted by Crippen LogP contribution is 2.39. The maximum absolute atomic E-state index is 12.4. The topological polar surface area (TPSA) is 60.9 Å². The minimum Gasteiger partial charge on any atom is -0.330 e. The molecule has 0 aliphatic heterocycles. The number of Topliss-reactive ketones (excluding diaryl/α,β-unsaturated/α-hetero) is 1. The standard InChI is InChI=1S/C14H23N3O/c1-2-17-9-8-16-13(17)12(18)10-14(11-15)6-4-3-5-7-14/h8-9H,2-7,10-11,15H2,1H3. The maximum Gasteiger partial charge on any atom is 0.198 e. The lowest BCUT2D eigenvalue weighted by molar-refractivity contribution is 0.0853. The average molecular weight is 249 g/mol. The highest BCUT2D eigenvalue weighted by Gasteiger charge is 2.34. The van der Waals surface area contributed by atoms with Crippen LogP contribution in [-0.4, -0.2) is 21.9 Å². The van der Waals surface area contributed by atoms with Gasteiger partial charge in [0.05, 0.1) is 0 Å². The van der Waals surface area contributed by atoms with Crippen LogP contribution in [0.2, 0.25) is 0 Å². The van der Waals surface area contributed by atoms with E-state index in [9.17, 15) is 4.79 Å². The van der Waals surface area contributed by atoms with Gasteiger partial charge in [-0.15, -0.1) is 0 Å². The summed E-state index contributed by atoms with van der Waals surface area (Å²) < 4.78 is 1.91. The summed E-state index contributed by atoms with van der Waals surface area (Å²) in [6.07, 6.45) is 9.97. The lowest BCUT2D eigenvalue weighted by Crippen LogP contribution is -2.35. The number of nitrogens with zero attached hydrogens (tertiary/aromatic N) is 2. The fourth-order valence-corrected chi connectivity index (χ4v) is 2.99. The van der Waals surface area contributed by atoms with Crippen LogP contribution in [0.4, 0.5) is 0 Å². The molecular formula is C14H23N3O. The van der Waals surface area contributed by atoms with Gasteiger partial charge in [-0.1, -0.05) is 19.3 Å². The van der Waals surface area contributed by atoms with Gasteiger partial charge in [0.25, 0.3) is 0 Å². The third kappa shape index (κ3) is 2.64. The van der Waals surface area contributed by atoms with Crippen molar-refractivity contribution < 1.29 is 4.79 Å². The molecule has 0 spiro atoms. The van der Waals surface area contributed by atoms with Gasteiger partial charge in [0, 0.05) is 25.4 Å². The summed E-state index contributed by atoms with van der Waals surface area (Å²) in [6.45, 7) is 3.43. The monoisotopic (exact) mass is 249 g/mol. The Hall–Kier alpha value is -1.16. The molecule has 0 unspecified atom stereocenters. The molecule has 1 heterocycles. The molecule has 1 aliphatic rings. The first-order valence-electron chi connectivity index (χ1n) is 6.95. The zero-order chi connectivity index (χ0) is 13.0. The molecule has 0 amide bonds. The number of carbonyl (C=O) groups is 1. The highest BCUT2D eigenvalue weighted by atomic mass is 16.1. The predicted molar refractivity (Wildman–Crippen MR) is 71.4 cm³/mol. The molecule has 0 atom stereocenters. The van der Waals surface area contributed by atoms with Gasteiger partial charge in [-0.05, 0) is 31.7 Å². The van der Waals surface area contributed by atoms with Gasteiger partial charge < -0.3 is 10.3 Å². The summed E-state index contributed by atoms with van der Waals surface area (Å²) in [5.74, 6) is 0.741. The van der Waals surface area contributed by atoms with Crippen LogP contribution in [0.1, 0.15) is 56.1 Å². The van der Waals surface area contributed by atoms with Crippen LogP contribution in [0.3, 0.4) is 0 Å². The number of hydrogen-bond donors (Lipinski definition) is 1. The maximum atomic E-state index is 12.4. The zero-order valence-electron chi connectivity index (χ0n) is 11.2. The fourth-order valence-electron chi connectivity index (χ4n) is 2.99. The van der Waals surface area contributed by atoms with Crippen molar-refractivity contribution >= 4 is 5.78 Å². The lowest BCUT2D eigenvalue weighted by atomic mass is 9.71. The van der Waals surface area contributed by atoms with Crippen molar-refractivity contribution in [2.24, 2.45) is 11.1 Å². The summed E-state index contributed by atoms with van der Waals surface area (Å²) in [4.78, 5) is 16.6. The van der Waals surface area contributed by atoms with E-state index in [2.05, 4.69) is 4.98 Å². The number of ketones is 1. The number of imidazole rings is 1. The van der Waals surface area contributed by atoms with Crippen LogP contribution >= 0.6 is 0 Å². The van der Waals surface area contributed by atoms with Crippen LogP contribution in [0.5, 0.6) is 0 Å². The number of aromatic nitrogens is 2. The van der Waals surface area contributed by atoms with E-state index in [0.29, 0.717) is 18.8 Å². The average Bonchev–Trinajstić information content (AvgIpc) is 2.88. The summed E-state index contributed by atoms with van der Waals surface area (Å²) in [5.41, 5.74) is 5.96. The van der Waals surface area contributed by atoms with E-state index in [-0.39, 0.29) is 11.2 Å². The molecule has 4 nitrogen and oxygen atoms in total. The van der Waals surface area contributed by atoms with Gasteiger partial charge in [0.2, 0.25) is 0 Å². The normalized spacial score (nSPS) is 18.8. The molecule has 1 aliphatic carbocycles. The number of aryl methyl sites for hydroxylation is 1. The van der Waals surface area contributed by atoms with Crippen LogP contribution < -0.4 is 5.73 Å². The van der Waals surface area contributed by atoms with Crippen molar-refractivity contribution in [1.29, 1.82) is 0 Å². The molecule has 2 rings (SSSR count). The van der Waals surface area contributed by atoms with E-state index < -0.39 is 0 Å². The molecule has 0 saturated heterocycles. The molecule has 1 aromatic heterocycles. The van der Waals surface area contributed by atoms with Crippen LogP contribution in [0, 0.1) is 5.41 Å². The van der Waals surface area contributed by atoms with Crippen molar-refractivity contribution in [3.63, 3.8) is 0 Å². The molecule has 100 valence electrons. The molecule has 4 heteroatoms. The predicted octanol–water partition coefficient (Wildman–Crippen LogP) is 2.39. The largest absolute Gasteiger partial charge is 0.330 e. The molecule has 1 fully saturated rings. The summed E-state index contributed by atoms with van der Waals surface area (Å²) >= 11 is 0. The van der Waals surface area contributed by atoms with Gasteiger partial charge in [-0.2, -0.15) is 0 Å². The second-order valence-electron chi connectivity index (χ2n) is 5.40. The second kappa shape index (κ2) is 5.65. The van der Waals surface area contributed by atoms with E-state index in [1.54, 1.807) is 6.20 Å². The van der Waals surface area contributed by atoms with Crippen LogP contribution in [0.15, 0.2) is 12.4 Å². The van der Waals surface area contributed by atoms with Gasteiger partial charge in [-0.25, -0.2) is 4.98 Å². The quantitative estimate of drug-likeness (QED) is 0.815. The molecular weight excluding hydrogens is 226 g/mol. The fraction of sp³-hybridized carbons (Fsp3) is 0.714. The van der Waals surface area contributed by atoms with Gasteiger partial charge >= 0.3 is 0 Å². The van der Waals surface area contributed by atoms with E-state index in [1.165, 1.54) is 19.3 Å². The summed E-state index contributed by atoms with van der Waals surface area (Å²) in [6, 6.07) is 0. The number of rotatable bonds is 5. The number of hydrogen-bond acceptors (Lipinski definition) is 3. The first kappa shape index (κ1) is 13.3. The Morgan fingerprint density at radius 3 is 2.78 bits per heavy atom. The summed E-state index contributed by atoms with van der Waals surface area (Å²) in [7, 11) is 0. The van der Waals surface area contributed by atoms with Crippen molar-refractivity contribution in [3.05, 3.63) is 18.2 Å². The minimum atomic E-state index is 0.0276. The third-order valence-electron chi connectivity index (χ3n) is 4.19. The Bertz CT molecular complexity index is 405. The van der Waals surface area contributed by atoms with E-state index in [4.69, 9.17) is 5.73 Å². The van der Waals surface area contributed by atoms with Gasteiger partial charge in [0.15, 0.2) is 11.6 Å². The zero-order valence-corrected chi connectivity index (χ0v) is 11.2. The Morgan fingerprint density at radius 2 is 2.17 bits per heavy atom. The highest BCUT2D eigenvalue weighted by molar-refractivity contribution is 5.93. The molecule has 0 aromatic carbocycles. The first-order valence-corrected chi connectivity index (χ1v) is 6.95.